The number of hydrogen-bond acceptors (Lipinski definition) is 14. The van der Waals surface area contributed by atoms with Crippen LogP contribution in [0.15, 0.2) is 0 Å². The molecule has 310 valence electrons. The number of aliphatic hydroxyl groups is 4. The first kappa shape index (κ1) is 45.9. The molecule has 0 bridgehead atoms. The van der Waals surface area contributed by atoms with Gasteiger partial charge < -0.3 is 63.8 Å². The van der Waals surface area contributed by atoms with Gasteiger partial charge in [-0.1, -0.05) is 20.8 Å². The van der Waals surface area contributed by atoms with E-state index in [1.54, 1.807) is 34.6 Å². The Morgan fingerprint density at radius 2 is 1.47 bits per heavy atom. The standard InChI is InChI=1S/C38H70N2O13/c1-15-26-38(10,46)30(42)23(6)33(44)39-19(2)17-37(9,48-14)32(53-35-28(41)25(40(11)12)16-20(3)49-35)21(4)29(22(5)34(45)51-26)52-27-18-36(8,47-13)31(43)24(7)50-27/h19-32,35,41-43,46H,15-18H2,1-14H3,(H,39,44)/t19-,20-,21+,22-,23-,24+,25+,26-,27+,28-,29+,30-,31+,32-,35+,36-,37-,38-/m1/s1. The van der Waals surface area contributed by atoms with Gasteiger partial charge in [0.1, 0.15) is 23.9 Å². The van der Waals surface area contributed by atoms with E-state index in [2.05, 4.69) is 5.32 Å². The Balaban J connectivity index is 2.22. The smallest absolute Gasteiger partial charge is 0.311 e. The monoisotopic (exact) mass is 762 g/mol. The second-order valence-electron chi connectivity index (χ2n) is 16.7. The number of hydrogen-bond donors (Lipinski definition) is 5. The third-order valence-electron chi connectivity index (χ3n) is 12.1. The van der Waals surface area contributed by atoms with Gasteiger partial charge in [-0.15, -0.1) is 0 Å². The molecule has 0 aromatic rings. The van der Waals surface area contributed by atoms with Crippen molar-refractivity contribution in [1.82, 2.24) is 10.2 Å². The second-order valence-corrected chi connectivity index (χ2v) is 16.7. The predicted octanol–water partition coefficient (Wildman–Crippen LogP) is 1.74. The van der Waals surface area contributed by atoms with Gasteiger partial charge in [0.15, 0.2) is 12.6 Å². The molecule has 3 heterocycles. The molecule has 3 saturated heterocycles. The summed E-state index contributed by atoms with van der Waals surface area (Å²) >= 11 is 0. The fourth-order valence-corrected chi connectivity index (χ4v) is 8.45. The van der Waals surface area contributed by atoms with Crippen molar-refractivity contribution in [3.63, 3.8) is 0 Å². The number of likely N-dealkylation sites (N-methyl/N-ethyl adjacent to an activating group) is 1. The number of amides is 1. The Morgan fingerprint density at radius 3 is 2.02 bits per heavy atom. The van der Waals surface area contributed by atoms with Crippen LogP contribution in [-0.2, 0) is 42.7 Å². The first-order valence-electron chi connectivity index (χ1n) is 19.1. The molecule has 18 atom stereocenters. The highest BCUT2D eigenvalue weighted by atomic mass is 16.7. The SMILES string of the molecule is CC[C@H]1OC(=O)[C@H](C)[C@@H](O[C@H]2C[C@@](C)(OC)[C@@H](O)[C@H](C)O2)[C@H](C)[C@@H](O[C@@H]2O[C@H](C)C[C@H](N(C)C)[C@H]2O)[C@](C)(OC)C[C@@H](C)NC(=O)[C@H](C)[C@@H](O)[C@]1(C)O. The molecule has 0 saturated carbocycles. The third kappa shape index (κ3) is 10.1. The maximum Gasteiger partial charge on any atom is 0.311 e. The summed E-state index contributed by atoms with van der Waals surface area (Å²) in [5.41, 5.74) is -4.23. The summed E-state index contributed by atoms with van der Waals surface area (Å²) in [5.74, 6) is -4.06. The van der Waals surface area contributed by atoms with Gasteiger partial charge in [-0.3, -0.25) is 9.59 Å². The molecule has 0 aromatic carbocycles. The first-order valence-corrected chi connectivity index (χ1v) is 19.1. The second kappa shape index (κ2) is 18.2. The molecule has 3 fully saturated rings. The summed E-state index contributed by atoms with van der Waals surface area (Å²) in [6.45, 7) is 17.1. The zero-order valence-electron chi connectivity index (χ0n) is 34.4. The number of aliphatic hydroxyl groups excluding tert-OH is 3. The lowest BCUT2D eigenvalue weighted by molar-refractivity contribution is -0.319. The largest absolute Gasteiger partial charge is 0.459 e. The van der Waals surface area contributed by atoms with Crippen LogP contribution in [0, 0.1) is 17.8 Å². The minimum atomic E-state index is -1.99. The highest BCUT2D eigenvalue weighted by Gasteiger charge is 2.53. The van der Waals surface area contributed by atoms with Gasteiger partial charge in [-0.05, 0) is 81.8 Å². The number of nitrogens with zero attached hydrogens (tertiary/aromatic N) is 1. The van der Waals surface area contributed by atoms with Crippen LogP contribution in [0.25, 0.3) is 0 Å². The lowest BCUT2D eigenvalue weighted by atomic mass is 9.78. The first-order chi connectivity index (χ1) is 24.5. The van der Waals surface area contributed by atoms with E-state index in [1.807, 2.05) is 39.8 Å². The lowest BCUT2D eigenvalue weighted by Gasteiger charge is -2.49. The maximum absolute atomic E-state index is 14.2. The number of carbonyl (C=O) groups is 2. The topological polar surface area (TPSA) is 195 Å². The van der Waals surface area contributed by atoms with E-state index in [-0.39, 0.29) is 31.4 Å². The highest BCUT2D eigenvalue weighted by molar-refractivity contribution is 5.79. The van der Waals surface area contributed by atoms with Crippen molar-refractivity contribution in [2.75, 3.05) is 28.3 Å². The predicted molar refractivity (Wildman–Crippen MR) is 194 cm³/mol. The van der Waals surface area contributed by atoms with E-state index in [0.29, 0.717) is 6.42 Å². The molecule has 1 amide bonds. The van der Waals surface area contributed by atoms with E-state index >= 15 is 0 Å². The highest BCUT2D eigenvalue weighted by Crippen LogP contribution is 2.40. The van der Waals surface area contributed by atoms with Crippen LogP contribution in [0.3, 0.4) is 0 Å². The van der Waals surface area contributed by atoms with Crippen LogP contribution in [0.1, 0.15) is 94.9 Å². The molecule has 3 aliphatic heterocycles. The Hall–Kier alpha value is -1.50. The molecule has 53 heavy (non-hydrogen) atoms. The molecule has 0 radical (unpaired) electrons. The number of methoxy groups -OCH3 is 2. The molecule has 3 rings (SSSR count). The average Bonchev–Trinajstić information content (AvgIpc) is 3.09. The van der Waals surface area contributed by atoms with Crippen LogP contribution < -0.4 is 5.32 Å². The molecular formula is C38H70N2O13. The molecule has 15 heteroatoms. The summed E-state index contributed by atoms with van der Waals surface area (Å²) in [6, 6.07) is -0.819. The Bertz CT molecular complexity index is 1210. The molecule has 5 N–H and O–H groups in total. The van der Waals surface area contributed by atoms with Crippen molar-refractivity contribution < 1.29 is 63.2 Å². The van der Waals surface area contributed by atoms with Crippen LogP contribution in [0.2, 0.25) is 0 Å². The molecule has 0 spiro atoms. The van der Waals surface area contributed by atoms with Gasteiger partial charge in [-0.25, -0.2) is 0 Å². The summed E-state index contributed by atoms with van der Waals surface area (Å²) in [4.78, 5) is 29.7. The summed E-state index contributed by atoms with van der Waals surface area (Å²) < 4.78 is 43.9. The van der Waals surface area contributed by atoms with Gasteiger partial charge in [0.05, 0.1) is 53.6 Å². The summed E-state index contributed by atoms with van der Waals surface area (Å²) in [6.07, 6.45) is -8.72. The van der Waals surface area contributed by atoms with E-state index in [9.17, 15) is 30.0 Å². The van der Waals surface area contributed by atoms with Crippen LogP contribution in [0.5, 0.6) is 0 Å². The molecular weight excluding hydrogens is 692 g/mol. The van der Waals surface area contributed by atoms with E-state index < -0.39 is 108 Å². The fraction of sp³-hybridized carbons (Fsp3) is 0.947. The van der Waals surface area contributed by atoms with Crippen molar-refractivity contribution in [2.45, 2.75) is 185 Å². The Kier molecular flexibility index (Phi) is 15.7. The summed E-state index contributed by atoms with van der Waals surface area (Å²) in [7, 11) is 6.79. The molecule has 3 aliphatic rings. The Morgan fingerprint density at radius 1 is 0.868 bits per heavy atom. The van der Waals surface area contributed by atoms with Crippen molar-refractivity contribution in [2.24, 2.45) is 17.8 Å². The van der Waals surface area contributed by atoms with Crippen molar-refractivity contribution in [3.05, 3.63) is 0 Å². The lowest BCUT2D eigenvalue weighted by Crippen LogP contribution is -2.61. The van der Waals surface area contributed by atoms with Crippen LogP contribution >= 0.6 is 0 Å². The fourth-order valence-electron chi connectivity index (χ4n) is 8.45. The van der Waals surface area contributed by atoms with E-state index in [1.165, 1.54) is 28.1 Å². The molecule has 0 unspecified atom stereocenters. The van der Waals surface area contributed by atoms with Crippen LogP contribution in [0.4, 0.5) is 0 Å². The van der Waals surface area contributed by atoms with Gasteiger partial charge in [0, 0.05) is 38.6 Å². The number of esters is 1. The quantitative estimate of drug-likeness (QED) is 0.225. The minimum Gasteiger partial charge on any atom is -0.459 e. The average molecular weight is 763 g/mol. The number of ether oxygens (including phenoxy) is 7. The maximum atomic E-state index is 14.2. The van der Waals surface area contributed by atoms with Gasteiger partial charge in [0.2, 0.25) is 5.91 Å². The zero-order valence-corrected chi connectivity index (χ0v) is 34.4. The van der Waals surface area contributed by atoms with Gasteiger partial charge in [0.25, 0.3) is 0 Å². The van der Waals surface area contributed by atoms with Gasteiger partial charge in [-0.2, -0.15) is 0 Å². The summed E-state index contributed by atoms with van der Waals surface area (Å²) in [5, 5.41) is 48.4. The molecule has 0 aliphatic carbocycles. The number of carbonyl (C=O) groups excluding carboxylic acids is 2. The normalized spacial score (nSPS) is 48.4. The molecule has 15 nitrogen and oxygen atoms in total. The van der Waals surface area contributed by atoms with E-state index in [4.69, 9.17) is 33.2 Å². The van der Waals surface area contributed by atoms with E-state index in [0.717, 1.165) is 0 Å². The van der Waals surface area contributed by atoms with Crippen molar-refractivity contribution >= 4 is 11.9 Å². The van der Waals surface area contributed by atoms with Crippen LogP contribution in [-0.4, -0.2) is 156 Å². The van der Waals surface area contributed by atoms with Crippen molar-refractivity contribution in [3.8, 4) is 0 Å². The third-order valence-corrected chi connectivity index (χ3v) is 12.1. The Labute approximate surface area is 316 Å². The number of cyclic esters (lactones) is 1. The molecule has 0 aromatic heterocycles. The minimum absolute atomic E-state index is 0.124. The number of rotatable bonds is 8. The zero-order chi connectivity index (χ0) is 40.4. The number of nitrogens with one attached hydrogen (secondary N) is 1. The van der Waals surface area contributed by atoms with Gasteiger partial charge >= 0.3 is 5.97 Å². The van der Waals surface area contributed by atoms with Crippen molar-refractivity contribution in [1.29, 1.82) is 0 Å².